The quantitative estimate of drug-likeness (QED) is 0.181. The molecule has 0 spiro atoms. The molecule has 0 radical (unpaired) electrons. The third kappa shape index (κ3) is 6.95. The van der Waals surface area contributed by atoms with Gasteiger partial charge in [0.05, 0.1) is 48.1 Å². The highest BCUT2D eigenvalue weighted by Crippen LogP contribution is 2.38. The summed E-state index contributed by atoms with van der Waals surface area (Å²) in [6, 6.07) is 15.6. The molecule has 1 aliphatic heterocycles. The Morgan fingerprint density at radius 2 is 1.80 bits per heavy atom. The Hall–Kier alpha value is -4.06. The van der Waals surface area contributed by atoms with E-state index in [2.05, 4.69) is 20.9 Å². The molecule has 45 heavy (non-hydrogen) atoms. The van der Waals surface area contributed by atoms with Crippen LogP contribution >= 0.6 is 38.9 Å². The van der Waals surface area contributed by atoms with Crippen molar-refractivity contribution in [3.63, 3.8) is 0 Å². The summed E-state index contributed by atoms with van der Waals surface area (Å²) in [5.74, 6) is 1.48. The number of ether oxygens (including phenoxy) is 5. The van der Waals surface area contributed by atoms with Crippen molar-refractivity contribution in [2.24, 2.45) is 4.99 Å². The number of rotatable bonds is 11. The predicted octanol–water partition coefficient (Wildman–Crippen LogP) is 5.82. The van der Waals surface area contributed by atoms with Crippen LogP contribution in [-0.2, 0) is 16.1 Å². The van der Waals surface area contributed by atoms with Crippen LogP contribution in [0.5, 0.6) is 23.0 Å². The summed E-state index contributed by atoms with van der Waals surface area (Å²) in [6.07, 6.45) is 3.20. The van der Waals surface area contributed by atoms with Crippen LogP contribution in [0.2, 0.25) is 5.02 Å². The maximum Gasteiger partial charge on any atom is 0.337 e. The van der Waals surface area contributed by atoms with Gasteiger partial charge in [-0.15, -0.1) is 0 Å². The molecule has 0 saturated carbocycles. The zero-order chi connectivity index (χ0) is 32.1. The van der Waals surface area contributed by atoms with Gasteiger partial charge in [0, 0.05) is 11.2 Å². The average Bonchev–Trinajstić information content (AvgIpc) is 3.35. The monoisotopic (exact) mass is 712 g/mol. The third-order valence-corrected chi connectivity index (χ3v) is 8.65. The lowest BCUT2D eigenvalue weighted by molar-refractivity contribution is -0.136. The van der Waals surface area contributed by atoms with Gasteiger partial charge >= 0.3 is 5.97 Å². The van der Waals surface area contributed by atoms with Crippen molar-refractivity contribution in [3.05, 3.63) is 112 Å². The topological polar surface area (TPSA) is 97.6 Å². The molecule has 0 saturated heterocycles. The van der Waals surface area contributed by atoms with Crippen LogP contribution in [0.25, 0.3) is 6.08 Å². The second-order valence-electron chi connectivity index (χ2n) is 9.70. The van der Waals surface area contributed by atoms with E-state index in [-0.39, 0.29) is 17.7 Å². The molecule has 0 fully saturated rings. The molecule has 5 rings (SSSR count). The van der Waals surface area contributed by atoms with Crippen LogP contribution in [0.3, 0.4) is 0 Å². The van der Waals surface area contributed by atoms with E-state index in [1.54, 1.807) is 37.5 Å². The van der Waals surface area contributed by atoms with Gasteiger partial charge in [-0.1, -0.05) is 41.1 Å². The van der Waals surface area contributed by atoms with Crippen molar-refractivity contribution >= 4 is 50.9 Å². The van der Waals surface area contributed by atoms with E-state index in [0.717, 1.165) is 5.56 Å². The van der Waals surface area contributed by atoms with E-state index in [4.69, 9.17) is 35.3 Å². The molecule has 4 aromatic rings. The van der Waals surface area contributed by atoms with Gasteiger partial charge in [0.15, 0.2) is 27.8 Å². The van der Waals surface area contributed by atoms with Crippen LogP contribution in [0.15, 0.2) is 80.6 Å². The van der Waals surface area contributed by atoms with Crippen molar-refractivity contribution < 1.29 is 28.5 Å². The lowest BCUT2D eigenvalue weighted by Gasteiger charge is -2.23. The van der Waals surface area contributed by atoms with Gasteiger partial charge in [-0.05, 0) is 88.9 Å². The van der Waals surface area contributed by atoms with Crippen molar-refractivity contribution in [2.45, 2.75) is 26.5 Å². The largest absolute Gasteiger partial charge is 0.493 e. The number of hydrogen-bond donors (Lipinski definition) is 0. The molecule has 234 valence electrons. The number of methoxy groups -OCH3 is 2. The van der Waals surface area contributed by atoms with Crippen LogP contribution in [0.4, 0.5) is 0 Å². The molecule has 12 heteroatoms. The molecule has 0 bridgehead atoms. The number of halogens is 2. The van der Waals surface area contributed by atoms with E-state index < -0.39 is 12.0 Å². The lowest BCUT2D eigenvalue weighted by atomic mass is 9.97. The second kappa shape index (κ2) is 14.4. The summed E-state index contributed by atoms with van der Waals surface area (Å²) in [5.41, 5.74) is 2.15. The molecular weight excluding hydrogens is 684 g/mol. The van der Waals surface area contributed by atoms with Gasteiger partial charge in [-0.25, -0.2) is 9.79 Å². The molecule has 0 unspecified atom stereocenters. The Balaban J connectivity index is 1.56. The van der Waals surface area contributed by atoms with Crippen molar-refractivity contribution in [2.75, 3.05) is 27.4 Å². The molecule has 1 aliphatic rings. The summed E-state index contributed by atoms with van der Waals surface area (Å²) in [4.78, 5) is 31.8. The summed E-state index contributed by atoms with van der Waals surface area (Å²) in [5, 5.41) is 0.622. The third-order valence-electron chi connectivity index (χ3n) is 6.83. The Kier molecular flexibility index (Phi) is 10.3. The number of carbonyl (C=O) groups excluding carboxylic acids is 1. The lowest BCUT2D eigenvalue weighted by Crippen LogP contribution is -2.39. The first-order chi connectivity index (χ1) is 21.8. The molecule has 0 N–H and O–H groups in total. The predicted molar refractivity (Wildman–Crippen MR) is 176 cm³/mol. The number of benzene rings is 3. The van der Waals surface area contributed by atoms with E-state index in [1.165, 1.54) is 29.2 Å². The summed E-state index contributed by atoms with van der Waals surface area (Å²) >= 11 is 10.9. The van der Waals surface area contributed by atoms with E-state index in [0.29, 0.717) is 66.2 Å². The highest BCUT2D eigenvalue weighted by Gasteiger charge is 2.31. The number of nitrogens with zero attached hydrogens (tertiary/aromatic N) is 2. The standard InChI is InChI=1S/C33H30BrClN2O7S/c1-5-42-25-11-10-21(16-26(25)43-6-2)29-23(32(39)41-4)17-36-33-37(29)31(38)28(45-33)15-20-13-24(34)30(27(14-20)40-3)44-18-19-8-7-9-22(35)12-19/h7-17,29H,5-6,18H2,1-4H3/b28-15+/t29-/m0/s1. The normalized spacial score (nSPS) is 14.2. The van der Waals surface area contributed by atoms with Crippen LogP contribution in [-0.4, -0.2) is 38.0 Å². The minimum Gasteiger partial charge on any atom is -0.493 e. The Labute approximate surface area is 277 Å². The fraction of sp³-hybridized carbons (Fsp3) is 0.242. The number of aromatic nitrogens is 1. The van der Waals surface area contributed by atoms with Crippen molar-refractivity contribution in [1.82, 2.24) is 4.57 Å². The highest BCUT2D eigenvalue weighted by molar-refractivity contribution is 9.10. The molecule has 0 amide bonds. The van der Waals surface area contributed by atoms with Crippen molar-refractivity contribution in [1.29, 1.82) is 0 Å². The maximum atomic E-state index is 14.0. The minimum atomic E-state index is -0.797. The first-order valence-electron chi connectivity index (χ1n) is 14.0. The van der Waals surface area contributed by atoms with Gasteiger partial charge in [-0.3, -0.25) is 9.36 Å². The van der Waals surface area contributed by atoms with E-state index in [9.17, 15) is 9.59 Å². The van der Waals surface area contributed by atoms with Gasteiger partial charge in [0.1, 0.15) is 6.61 Å². The summed E-state index contributed by atoms with van der Waals surface area (Å²) in [7, 11) is 2.84. The van der Waals surface area contributed by atoms with E-state index >= 15 is 0 Å². The van der Waals surface area contributed by atoms with Gasteiger partial charge in [0.2, 0.25) is 0 Å². The fourth-order valence-electron chi connectivity index (χ4n) is 4.88. The fourth-order valence-corrected chi connectivity index (χ4v) is 6.64. The molecule has 1 aromatic heterocycles. The molecule has 1 atom stereocenters. The second-order valence-corrected chi connectivity index (χ2v) is 12.0. The first-order valence-corrected chi connectivity index (χ1v) is 16.0. The van der Waals surface area contributed by atoms with Crippen LogP contribution in [0.1, 0.15) is 36.6 Å². The number of fused-ring (bicyclic) bond motifs is 1. The Morgan fingerprint density at radius 1 is 1.02 bits per heavy atom. The Morgan fingerprint density at radius 3 is 2.51 bits per heavy atom. The zero-order valence-electron chi connectivity index (χ0n) is 25.0. The minimum absolute atomic E-state index is 0.216. The Bertz CT molecular complexity index is 1950. The van der Waals surface area contributed by atoms with E-state index in [1.807, 2.05) is 44.2 Å². The van der Waals surface area contributed by atoms with Gasteiger partial charge < -0.3 is 23.7 Å². The first kappa shape index (κ1) is 32.3. The molecular formula is C33H30BrClN2O7S. The zero-order valence-corrected chi connectivity index (χ0v) is 28.1. The number of thiazole rings is 1. The molecule has 3 aromatic carbocycles. The SMILES string of the molecule is CCOc1ccc([C@H]2C(C(=O)OC)=CN=c3s/c(=C/c4cc(Br)c(OCc5cccc(Cl)c5)c(OC)c4)c(=O)n32)cc1OCC. The average molecular weight is 714 g/mol. The molecule has 2 heterocycles. The highest BCUT2D eigenvalue weighted by atomic mass is 79.9. The number of carbonyl (C=O) groups is 1. The van der Waals surface area contributed by atoms with Gasteiger partial charge in [0.25, 0.3) is 5.56 Å². The van der Waals surface area contributed by atoms with Crippen LogP contribution < -0.4 is 33.8 Å². The number of hydrogen-bond acceptors (Lipinski definition) is 9. The number of esters is 1. The summed E-state index contributed by atoms with van der Waals surface area (Å²) in [6.45, 7) is 4.91. The summed E-state index contributed by atoms with van der Waals surface area (Å²) < 4.78 is 30.9. The molecule has 0 aliphatic carbocycles. The maximum absolute atomic E-state index is 14.0. The smallest absolute Gasteiger partial charge is 0.337 e. The van der Waals surface area contributed by atoms with Crippen LogP contribution in [0, 0.1) is 0 Å². The molecule has 9 nitrogen and oxygen atoms in total. The van der Waals surface area contributed by atoms with Gasteiger partial charge in [-0.2, -0.15) is 0 Å². The van der Waals surface area contributed by atoms with Crippen molar-refractivity contribution in [3.8, 4) is 23.0 Å².